The van der Waals surface area contributed by atoms with Crippen molar-refractivity contribution in [2.75, 3.05) is 0 Å². The second-order valence-electron chi connectivity index (χ2n) is 4.28. The van der Waals surface area contributed by atoms with Crippen LogP contribution in [0.15, 0.2) is 24.3 Å². The van der Waals surface area contributed by atoms with Gasteiger partial charge in [-0.25, -0.2) is 0 Å². The average molecular weight is 226 g/mol. The lowest BCUT2D eigenvalue weighted by molar-refractivity contribution is 0.0450. The molecule has 2 nitrogen and oxygen atoms in total. The summed E-state index contributed by atoms with van der Waals surface area (Å²) in [5, 5.41) is 10.7. The van der Waals surface area contributed by atoms with Crippen molar-refractivity contribution in [2.45, 2.75) is 37.3 Å². The van der Waals surface area contributed by atoms with Gasteiger partial charge in [-0.05, 0) is 24.5 Å². The second kappa shape index (κ2) is 4.12. The molecule has 0 spiro atoms. The summed E-state index contributed by atoms with van der Waals surface area (Å²) in [6.45, 7) is 0. The Labute approximate surface area is 95.1 Å². The third kappa shape index (κ3) is 1.89. The Kier molecular flexibility index (Phi) is 3.01. The quantitative estimate of drug-likeness (QED) is 0.771. The summed E-state index contributed by atoms with van der Waals surface area (Å²) in [5.41, 5.74) is 6.51. The molecule has 1 fully saturated rings. The van der Waals surface area contributed by atoms with Gasteiger partial charge in [-0.3, -0.25) is 0 Å². The maximum atomic E-state index is 10.0. The molecule has 0 bridgehead atoms. The fourth-order valence-electron chi connectivity index (χ4n) is 2.33. The van der Waals surface area contributed by atoms with Gasteiger partial charge in [0.1, 0.15) is 0 Å². The van der Waals surface area contributed by atoms with Crippen LogP contribution in [0.1, 0.15) is 31.2 Å². The van der Waals surface area contributed by atoms with Crippen LogP contribution < -0.4 is 5.73 Å². The van der Waals surface area contributed by atoms with E-state index in [0.717, 1.165) is 31.2 Å². The van der Waals surface area contributed by atoms with Crippen LogP contribution in [0, 0.1) is 0 Å². The highest BCUT2D eigenvalue weighted by atomic mass is 35.5. The van der Waals surface area contributed by atoms with Crippen LogP contribution in [0.25, 0.3) is 0 Å². The topological polar surface area (TPSA) is 46.2 Å². The molecule has 1 aliphatic rings. The Balaban J connectivity index is 2.39. The zero-order valence-electron chi connectivity index (χ0n) is 8.62. The summed E-state index contributed by atoms with van der Waals surface area (Å²) in [6.07, 6.45) is 3.19. The van der Waals surface area contributed by atoms with Crippen molar-refractivity contribution in [2.24, 2.45) is 5.73 Å². The van der Waals surface area contributed by atoms with Gasteiger partial charge in [-0.15, -0.1) is 0 Å². The summed E-state index contributed by atoms with van der Waals surface area (Å²) in [4.78, 5) is 0. The molecule has 0 unspecified atom stereocenters. The van der Waals surface area contributed by atoms with Gasteiger partial charge in [0.15, 0.2) is 0 Å². The van der Waals surface area contributed by atoms with E-state index in [-0.39, 0.29) is 0 Å². The second-order valence-corrected chi connectivity index (χ2v) is 4.69. The standard InChI is InChI=1S/C12H16ClNO/c13-10-6-2-1-5-9(10)12(14)8-4-3-7-11(12)15/h1-2,5-6,11,15H,3-4,7-8,14H2/t11-,12-/m0/s1. The minimum absolute atomic E-state index is 0.480. The van der Waals surface area contributed by atoms with Crippen molar-refractivity contribution >= 4 is 11.6 Å². The van der Waals surface area contributed by atoms with Gasteiger partial charge in [0, 0.05) is 5.02 Å². The first-order valence-corrected chi connectivity index (χ1v) is 5.74. The molecule has 3 N–H and O–H groups in total. The van der Waals surface area contributed by atoms with Gasteiger partial charge in [-0.1, -0.05) is 42.6 Å². The van der Waals surface area contributed by atoms with E-state index in [0.29, 0.717) is 5.02 Å². The lowest BCUT2D eigenvalue weighted by Crippen LogP contribution is -2.50. The van der Waals surface area contributed by atoms with Crippen LogP contribution in [0.2, 0.25) is 5.02 Å². The first-order chi connectivity index (χ1) is 7.14. The minimum atomic E-state index is -0.656. The summed E-state index contributed by atoms with van der Waals surface area (Å²) >= 11 is 6.12. The van der Waals surface area contributed by atoms with E-state index >= 15 is 0 Å². The summed E-state index contributed by atoms with van der Waals surface area (Å²) in [7, 11) is 0. The molecule has 3 heteroatoms. The Morgan fingerprint density at radius 3 is 2.73 bits per heavy atom. The van der Waals surface area contributed by atoms with Crippen molar-refractivity contribution in [3.63, 3.8) is 0 Å². The first kappa shape index (κ1) is 10.9. The molecule has 15 heavy (non-hydrogen) atoms. The molecule has 0 radical (unpaired) electrons. The molecule has 0 heterocycles. The molecule has 2 atom stereocenters. The number of nitrogens with two attached hydrogens (primary N) is 1. The molecule has 1 saturated carbocycles. The monoisotopic (exact) mass is 225 g/mol. The van der Waals surface area contributed by atoms with Gasteiger partial charge in [0.05, 0.1) is 11.6 Å². The maximum absolute atomic E-state index is 10.0. The molecule has 1 aromatic rings. The number of rotatable bonds is 1. The zero-order valence-corrected chi connectivity index (χ0v) is 9.37. The summed E-state index contributed by atoms with van der Waals surface area (Å²) in [6, 6.07) is 7.53. The fraction of sp³-hybridized carbons (Fsp3) is 0.500. The van der Waals surface area contributed by atoms with Gasteiger partial charge < -0.3 is 10.8 Å². The molecule has 2 rings (SSSR count). The van der Waals surface area contributed by atoms with E-state index < -0.39 is 11.6 Å². The van der Waals surface area contributed by atoms with E-state index in [1.54, 1.807) is 0 Å². The Bertz CT molecular complexity index is 355. The first-order valence-electron chi connectivity index (χ1n) is 5.36. The lowest BCUT2D eigenvalue weighted by atomic mass is 9.75. The van der Waals surface area contributed by atoms with Crippen LogP contribution in [-0.4, -0.2) is 11.2 Å². The molecule has 0 aromatic heterocycles. The lowest BCUT2D eigenvalue weighted by Gasteiger charge is -2.39. The maximum Gasteiger partial charge on any atom is 0.0762 e. The van der Waals surface area contributed by atoms with Crippen LogP contribution in [0.3, 0.4) is 0 Å². The number of halogens is 1. The van der Waals surface area contributed by atoms with Gasteiger partial charge in [0.25, 0.3) is 0 Å². The van der Waals surface area contributed by atoms with Crippen LogP contribution >= 0.6 is 11.6 Å². The third-order valence-corrected chi connectivity index (χ3v) is 3.62. The van der Waals surface area contributed by atoms with Crippen LogP contribution in [-0.2, 0) is 5.54 Å². The molecule has 1 aliphatic carbocycles. The normalized spacial score (nSPS) is 31.5. The largest absolute Gasteiger partial charge is 0.391 e. The Morgan fingerprint density at radius 2 is 2.07 bits per heavy atom. The molecular formula is C12H16ClNO. The van der Waals surface area contributed by atoms with Gasteiger partial charge in [-0.2, -0.15) is 0 Å². The fourth-order valence-corrected chi connectivity index (χ4v) is 2.64. The predicted molar refractivity (Wildman–Crippen MR) is 61.8 cm³/mol. The van der Waals surface area contributed by atoms with Gasteiger partial charge in [0.2, 0.25) is 0 Å². The summed E-state index contributed by atoms with van der Waals surface area (Å²) < 4.78 is 0. The third-order valence-electron chi connectivity index (χ3n) is 3.29. The average Bonchev–Trinajstić information content (AvgIpc) is 2.23. The van der Waals surface area contributed by atoms with Crippen molar-refractivity contribution in [1.29, 1.82) is 0 Å². The molecule has 0 saturated heterocycles. The molecule has 0 aliphatic heterocycles. The van der Waals surface area contributed by atoms with Crippen LogP contribution in [0.4, 0.5) is 0 Å². The number of aliphatic hydroxyl groups excluding tert-OH is 1. The van der Waals surface area contributed by atoms with Crippen molar-refractivity contribution in [1.82, 2.24) is 0 Å². The van der Waals surface area contributed by atoms with E-state index in [2.05, 4.69) is 0 Å². The number of benzene rings is 1. The molecule has 82 valence electrons. The van der Waals surface area contributed by atoms with E-state index in [4.69, 9.17) is 17.3 Å². The van der Waals surface area contributed by atoms with E-state index in [1.807, 2.05) is 24.3 Å². The number of hydrogen-bond acceptors (Lipinski definition) is 2. The predicted octanol–water partition coefficient (Wildman–Crippen LogP) is 2.43. The highest BCUT2D eigenvalue weighted by Crippen LogP contribution is 2.38. The molecule has 0 amide bonds. The smallest absolute Gasteiger partial charge is 0.0762 e. The number of aliphatic hydroxyl groups is 1. The number of hydrogen-bond donors (Lipinski definition) is 2. The van der Waals surface area contributed by atoms with Crippen molar-refractivity contribution < 1.29 is 5.11 Å². The van der Waals surface area contributed by atoms with Crippen molar-refractivity contribution in [3.8, 4) is 0 Å². The SMILES string of the molecule is N[C@]1(c2ccccc2Cl)CCCC[C@@H]1O. The highest BCUT2D eigenvalue weighted by Gasteiger charge is 2.38. The van der Waals surface area contributed by atoms with Crippen LogP contribution in [0.5, 0.6) is 0 Å². The zero-order chi connectivity index (χ0) is 10.9. The molecule has 1 aromatic carbocycles. The van der Waals surface area contributed by atoms with Gasteiger partial charge >= 0.3 is 0 Å². The summed E-state index contributed by atoms with van der Waals surface area (Å²) in [5.74, 6) is 0. The Hall–Kier alpha value is -0.570. The van der Waals surface area contributed by atoms with E-state index in [1.165, 1.54) is 0 Å². The highest BCUT2D eigenvalue weighted by molar-refractivity contribution is 6.31. The Morgan fingerprint density at radius 1 is 1.33 bits per heavy atom. The molecular weight excluding hydrogens is 210 g/mol. The van der Waals surface area contributed by atoms with E-state index in [9.17, 15) is 5.11 Å². The van der Waals surface area contributed by atoms with Crippen molar-refractivity contribution in [3.05, 3.63) is 34.9 Å². The minimum Gasteiger partial charge on any atom is -0.391 e.